The molecule has 172 valence electrons. The van der Waals surface area contributed by atoms with E-state index in [1.54, 1.807) is 17.8 Å². The first-order chi connectivity index (χ1) is 15.2. The molecule has 0 saturated carbocycles. The minimum atomic E-state index is -4.52. The molecular formula is C19H19F3N4O4S2. The van der Waals surface area contributed by atoms with Crippen LogP contribution in [0, 0.1) is 0 Å². The fourth-order valence-corrected chi connectivity index (χ4v) is 5.56. The smallest absolute Gasteiger partial charge is 0.431 e. The molecule has 1 fully saturated rings. The highest BCUT2D eigenvalue weighted by atomic mass is 32.2. The van der Waals surface area contributed by atoms with Gasteiger partial charge in [-0.05, 0) is 48.6 Å². The number of halogens is 3. The van der Waals surface area contributed by atoms with Gasteiger partial charge in [0, 0.05) is 29.4 Å². The van der Waals surface area contributed by atoms with Gasteiger partial charge in [-0.15, -0.1) is 0 Å². The average Bonchev–Trinajstić information content (AvgIpc) is 3.20. The number of hydrogen-bond donors (Lipinski definition) is 3. The van der Waals surface area contributed by atoms with Crippen LogP contribution in [0.3, 0.4) is 0 Å². The summed E-state index contributed by atoms with van der Waals surface area (Å²) < 4.78 is 66.8. The van der Waals surface area contributed by atoms with Gasteiger partial charge in [-0.25, -0.2) is 18.1 Å². The molecule has 0 amide bonds. The Kier molecular flexibility index (Phi) is 7.41. The van der Waals surface area contributed by atoms with Gasteiger partial charge in [0.15, 0.2) is 0 Å². The fourth-order valence-electron chi connectivity index (χ4n) is 3.20. The number of nitrogens with one attached hydrogen (secondary N) is 2. The molecule has 0 unspecified atom stereocenters. The first-order valence-electron chi connectivity index (χ1n) is 9.35. The van der Waals surface area contributed by atoms with E-state index in [-0.39, 0.29) is 28.4 Å². The highest BCUT2D eigenvalue weighted by Gasteiger charge is 2.33. The van der Waals surface area contributed by atoms with Crippen LogP contribution >= 0.6 is 11.8 Å². The number of thioether (sulfide) groups is 1. The molecule has 4 rings (SSSR count). The molecule has 32 heavy (non-hydrogen) atoms. The number of aromatic amines is 1. The quantitative estimate of drug-likeness (QED) is 0.480. The van der Waals surface area contributed by atoms with Crippen LogP contribution in [0.1, 0.15) is 18.5 Å². The van der Waals surface area contributed by atoms with E-state index in [1.165, 1.54) is 24.5 Å². The van der Waals surface area contributed by atoms with E-state index < -0.39 is 21.9 Å². The van der Waals surface area contributed by atoms with E-state index in [0.29, 0.717) is 11.3 Å². The van der Waals surface area contributed by atoms with Gasteiger partial charge in [0.25, 0.3) is 6.47 Å². The molecule has 13 heteroatoms. The molecule has 0 aromatic carbocycles. The summed E-state index contributed by atoms with van der Waals surface area (Å²) in [5, 5.41) is 7.15. The van der Waals surface area contributed by atoms with Crippen LogP contribution in [-0.2, 0) is 21.0 Å². The Bertz CT molecular complexity index is 1180. The van der Waals surface area contributed by atoms with Crippen molar-refractivity contribution < 1.29 is 31.5 Å². The minimum Gasteiger partial charge on any atom is -0.483 e. The summed E-state index contributed by atoms with van der Waals surface area (Å²) in [6, 6.07) is 5.32. The fraction of sp³-hybridized carbons (Fsp3) is 0.316. The number of nitrogens with zero attached hydrogens (tertiary/aromatic N) is 2. The van der Waals surface area contributed by atoms with Gasteiger partial charge in [0.2, 0.25) is 10.0 Å². The highest BCUT2D eigenvalue weighted by molar-refractivity contribution is 7.99. The zero-order chi connectivity index (χ0) is 23.4. The number of rotatable bonds is 4. The molecule has 8 nitrogen and oxygen atoms in total. The number of carboxylic acid groups (broad SMARTS) is 1. The Morgan fingerprint density at radius 3 is 2.47 bits per heavy atom. The average molecular weight is 489 g/mol. The number of hydrogen-bond acceptors (Lipinski definition) is 6. The zero-order valence-corrected chi connectivity index (χ0v) is 18.1. The van der Waals surface area contributed by atoms with Crippen LogP contribution in [0.2, 0.25) is 0 Å². The molecule has 0 radical (unpaired) electrons. The van der Waals surface area contributed by atoms with Gasteiger partial charge in [-0.3, -0.25) is 9.78 Å². The summed E-state index contributed by atoms with van der Waals surface area (Å²) in [6.45, 7) is -0.250. The summed E-state index contributed by atoms with van der Waals surface area (Å²) >= 11 is 1.80. The number of alkyl halides is 3. The van der Waals surface area contributed by atoms with E-state index >= 15 is 0 Å². The monoisotopic (exact) mass is 488 g/mol. The predicted octanol–water partition coefficient (Wildman–Crippen LogP) is 3.52. The summed E-state index contributed by atoms with van der Waals surface area (Å²) in [6.07, 6.45) is -0.367. The molecule has 0 spiro atoms. The first kappa shape index (κ1) is 24.0. The molecule has 0 atom stereocenters. The Balaban J connectivity index is 0.000000913. The van der Waals surface area contributed by atoms with Crippen LogP contribution < -0.4 is 4.72 Å². The van der Waals surface area contributed by atoms with Crippen molar-refractivity contribution in [3.63, 3.8) is 0 Å². The molecule has 3 aromatic heterocycles. The summed E-state index contributed by atoms with van der Waals surface area (Å²) in [5.74, 6) is 1.83. The molecular weight excluding hydrogens is 469 g/mol. The van der Waals surface area contributed by atoms with E-state index in [9.17, 15) is 21.6 Å². The molecule has 1 saturated heterocycles. The number of pyridine rings is 2. The maximum absolute atomic E-state index is 13.0. The van der Waals surface area contributed by atoms with Crippen molar-refractivity contribution in [3.05, 3.63) is 42.4 Å². The van der Waals surface area contributed by atoms with Crippen molar-refractivity contribution in [2.75, 3.05) is 11.5 Å². The van der Waals surface area contributed by atoms with Crippen LogP contribution in [0.25, 0.3) is 22.3 Å². The summed E-state index contributed by atoms with van der Waals surface area (Å²) in [4.78, 5) is 18.8. The molecule has 3 N–H and O–H groups in total. The SMILES string of the molecule is O=CO.O=S(=O)(NC1CCSCC1)c1ccc(-c2ccnc3[nH]c(C(F)(F)F)cc23)nc1. The second kappa shape index (κ2) is 9.88. The zero-order valence-electron chi connectivity index (χ0n) is 16.5. The Morgan fingerprint density at radius 1 is 1.19 bits per heavy atom. The van der Waals surface area contributed by atoms with Gasteiger partial charge in [0.1, 0.15) is 16.2 Å². The predicted molar refractivity (Wildman–Crippen MR) is 114 cm³/mol. The Morgan fingerprint density at radius 2 is 1.88 bits per heavy atom. The molecule has 0 aliphatic carbocycles. The Hall–Kier alpha value is -2.64. The number of fused-ring (bicyclic) bond motifs is 1. The summed E-state index contributed by atoms with van der Waals surface area (Å²) in [5.41, 5.74) is -0.0206. The summed E-state index contributed by atoms with van der Waals surface area (Å²) in [7, 11) is -3.71. The molecule has 0 bridgehead atoms. The van der Waals surface area contributed by atoms with Gasteiger partial charge in [-0.2, -0.15) is 24.9 Å². The van der Waals surface area contributed by atoms with Crippen LogP contribution in [0.5, 0.6) is 0 Å². The highest BCUT2D eigenvalue weighted by Crippen LogP contribution is 2.34. The second-order valence-corrected chi connectivity index (χ2v) is 9.73. The molecule has 1 aliphatic rings. The van der Waals surface area contributed by atoms with Crippen molar-refractivity contribution >= 4 is 39.3 Å². The number of carbonyl (C=O) groups is 1. The van der Waals surface area contributed by atoms with Crippen LogP contribution in [-0.4, -0.2) is 52.5 Å². The lowest BCUT2D eigenvalue weighted by Crippen LogP contribution is -2.37. The number of aromatic nitrogens is 3. The molecule has 3 aromatic rings. The lowest BCUT2D eigenvalue weighted by molar-refractivity contribution is -0.140. The van der Waals surface area contributed by atoms with Crippen molar-refractivity contribution in [2.24, 2.45) is 0 Å². The van der Waals surface area contributed by atoms with E-state index in [0.717, 1.165) is 30.4 Å². The van der Waals surface area contributed by atoms with Crippen LogP contribution in [0.15, 0.2) is 41.6 Å². The second-order valence-electron chi connectivity index (χ2n) is 6.79. The third-order valence-electron chi connectivity index (χ3n) is 4.70. The topological polar surface area (TPSA) is 125 Å². The lowest BCUT2D eigenvalue weighted by atomic mass is 10.1. The maximum Gasteiger partial charge on any atom is 0.431 e. The van der Waals surface area contributed by atoms with Gasteiger partial charge >= 0.3 is 6.18 Å². The van der Waals surface area contributed by atoms with Crippen molar-refractivity contribution in [1.82, 2.24) is 19.7 Å². The van der Waals surface area contributed by atoms with E-state index in [2.05, 4.69) is 19.7 Å². The minimum absolute atomic E-state index is 0.0230. The number of sulfonamides is 1. The van der Waals surface area contributed by atoms with Crippen molar-refractivity contribution in [2.45, 2.75) is 30.0 Å². The lowest BCUT2D eigenvalue weighted by Gasteiger charge is -2.22. The Labute approximate surface area is 185 Å². The van der Waals surface area contributed by atoms with E-state index in [4.69, 9.17) is 9.90 Å². The third kappa shape index (κ3) is 5.58. The van der Waals surface area contributed by atoms with E-state index in [1.807, 2.05) is 0 Å². The number of H-pyrrole nitrogens is 1. The molecule has 4 heterocycles. The molecule has 1 aliphatic heterocycles. The normalized spacial score (nSPS) is 15.2. The van der Waals surface area contributed by atoms with Gasteiger partial charge in [0.05, 0.1) is 5.69 Å². The van der Waals surface area contributed by atoms with Crippen molar-refractivity contribution in [1.29, 1.82) is 0 Å². The third-order valence-corrected chi connectivity index (χ3v) is 7.26. The maximum atomic E-state index is 13.0. The van der Waals surface area contributed by atoms with Crippen molar-refractivity contribution in [3.8, 4) is 11.3 Å². The largest absolute Gasteiger partial charge is 0.483 e. The van der Waals surface area contributed by atoms with Crippen LogP contribution in [0.4, 0.5) is 13.2 Å². The first-order valence-corrected chi connectivity index (χ1v) is 12.0. The van der Waals surface area contributed by atoms with Gasteiger partial charge < -0.3 is 10.1 Å². The standard InChI is InChI=1S/C18H17F3N4O2S2.CH2O2/c19-18(20,21)16-9-14-13(3-6-22-17(14)24-16)15-2-1-12(10-23-15)29(26,27)25-11-4-7-28-8-5-11;2-1-3/h1-3,6,9-11,25H,4-5,7-8H2,(H,22,24);1H,(H,2,3). The van der Waals surface area contributed by atoms with Gasteiger partial charge in [-0.1, -0.05) is 0 Å².